The summed E-state index contributed by atoms with van der Waals surface area (Å²) in [4.78, 5) is 12.5. The van der Waals surface area contributed by atoms with E-state index in [1.807, 2.05) is 32.0 Å². The Balaban J connectivity index is 2.04. The molecule has 1 saturated heterocycles. The topological polar surface area (TPSA) is 81.7 Å². The monoisotopic (exact) mass is 429 g/mol. The van der Waals surface area contributed by atoms with E-state index in [0.29, 0.717) is 31.1 Å². The number of benzene rings is 1. The predicted octanol–water partition coefficient (Wildman–Crippen LogP) is 3.22. The predicted molar refractivity (Wildman–Crippen MR) is 114 cm³/mol. The molecule has 0 aromatic heterocycles. The van der Waals surface area contributed by atoms with Crippen LogP contribution in [0.4, 0.5) is 0 Å². The van der Waals surface area contributed by atoms with E-state index in [1.54, 1.807) is 0 Å². The summed E-state index contributed by atoms with van der Waals surface area (Å²) in [5.41, 5.74) is 0.962. The number of rotatable bonds is 10. The van der Waals surface area contributed by atoms with Crippen molar-refractivity contribution in [3.63, 3.8) is 0 Å². The van der Waals surface area contributed by atoms with Crippen molar-refractivity contribution < 1.29 is 22.7 Å². The lowest BCUT2D eigenvalue weighted by Gasteiger charge is -2.24. The molecule has 2 atom stereocenters. The molecule has 1 aliphatic heterocycles. The van der Waals surface area contributed by atoms with Crippen molar-refractivity contribution in [1.29, 1.82) is 0 Å². The number of hydrogen-bond acceptors (Lipinski definition) is 6. The van der Waals surface area contributed by atoms with Gasteiger partial charge in [-0.1, -0.05) is 19.9 Å². The molecule has 0 saturated carbocycles. The summed E-state index contributed by atoms with van der Waals surface area (Å²) < 4.78 is 34.4. The Bertz CT molecular complexity index is 764. The third-order valence-electron chi connectivity index (χ3n) is 4.55. The van der Waals surface area contributed by atoms with Gasteiger partial charge in [0.1, 0.15) is 0 Å². The summed E-state index contributed by atoms with van der Waals surface area (Å²) in [5.74, 6) is 2.14. The third-order valence-corrected chi connectivity index (χ3v) is 7.83. The van der Waals surface area contributed by atoms with Gasteiger partial charge in [0.2, 0.25) is 5.91 Å². The number of hydrogen-bond donors (Lipinski definition) is 1. The van der Waals surface area contributed by atoms with Gasteiger partial charge in [0.05, 0.1) is 36.5 Å². The maximum atomic E-state index is 12.5. The van der Waals surface area contributed by atoms with Crippen LogP contribution in [0.2, 0.25) is 0 Å². The summed E-state index contributed by atoms with van der Waals surface area (Å²) in [6.45, 7) is 9.04. The van der Waals surface area contributed by atoms with Gasteiger partial charge >= 0.3 is 0 Å². The van der Waals surface area contributed by atoms with Crippen LogP contribution in [0.5, 0.6) is 11.5 Å². The number of carbonyl (C=O) groups excluding carboxylic acids is 1. The van der Waals surface area contributed by atoms with Gasteiger partial charge in [-0.2, -0.15) is 0 Å². The van der Waals surface area contributed by atoms with E-state index < -0.39 is 9.84 Å². The number of amides is 1. The van der Waals surface area contributed by atoms with E-state index >= 15 is 0 Å². The van der Waals surface area contributed by atoms with Gasteiger partial charge in [0.25, 0.3) is 0 Å². The van der Waals surface area contributed by atoms with E-state index in [0.717, 1.165) is 5.56 Å². The summed E-state index contributed by atoms with van der Waals surface area (Å²) in [6.07, 6.45) is 0.629. The second-order valence-electron chi connectivity index (χ2n) is 7.20. The lowest BCUT2D eigenvalue weighted by molar-refractivity contribution is -0.119. The van der Waals surface area contributed by atoms with Crippen molar-refractivity contribution in [2.45, 2.75) is 45.4 Å². The molecular formula is C20H31NO5S2. The minimum atomic E-state index is -2.92. The average Bonchev–Trinajstić information content (AvgIpc) is 2.98. The van der Waals surface area contributed by atoms with Gasteiger partial charge in [-0.3, -0.25) is 4.79 Å². The van der Waals surface area contributed by atoms with Crippen molar-refractivity contribution in [1.82, 2.24) is 5.32 Å². The van der Waals surface area contributed by atoms with E-state index in [1.165, 1.54) is 11.8 Å². The molecule has 2 unspecified atom stereocenters. The molecule has 1 N–H and O–H groups in total. The second-order valence-corrected chi connectivity index (χ2v) is 10.7. The Labute approximate surface area is 172 Å². The summed E-state index contributed by atoms with van der Waals surface area (Å²) in [5, 5.41) is 3.11. The molecular weight excluding hydrogens is 398 g/mol. The maximum absolute atomic E-state index is 12.5. The molecule has 6 nitrogen and oxygen atoms in total. The van der Waals surface area contributed by atoms with Crippen molar-refractivity contribution in [2.75, 3.05) is 30.5 Å². The average molecular weight is 430 g/mol. The summed E-state index contributed by atoms with van der Waals surface area (Å²) in [7, 11) is -2.92. The molecule has 1 aromatic rings. The van der Waals surface area contributed by atoms with Gasteiger partial charge in [-0.15, -0.1) is 11.8 Å². The molecule has 0 aliphatic carbocycles. The fourth-order valence-electron chi connectivity index (χ4n) is 3.20. The smallest absolute Gasteiger partial charge is 0.230 e. The zero-order valence-corrected chi connectivity index (χ0v) is 18.7. The molecule has 1 heterocycles. The zero-order valence-electron chi connectivity index (χ0n) is 17.1. The minimum absolute atomic E-state index is 0.0169. The Kier molecular flexibility index (Phi) is 8.49. The highest BCUT2D eigenvalue weighted by molar-refractivity contribution is 8.02. The first kappa shape index (κ1) is 22.9. The van der Waals surface area contributed by atoms with Gasteiger partial charge in [0.15, 0.2) is 21.3 Å². The highest BCUT2D eigenvalue weighted by Crippen LogP contribution is 2.33. The fourth-order valence-corrected chi connectivity index (χ4v) is 6.65. The van der Waals surface area contributed by atoms with E-state index in [9.17, 15) is 13.2 Å². The van der Waals surface area contributed by atoms with Gasteiger partial charge in [-0.05, 0) is 43.9 Å². The minimum Gasteiger partial charge on any atom is -0.490 e. The van der Waals surface area contributed by atoms with Crippen LogP contribution in [-0.2, 0) is 14.6 Å². The van der Waals surface area contributed by atoms with Crippen LogP contribution in [-0.4, -0.2) is 50.0 Å². The number of ether oxygens (including phenoxy) is 2. The first-order valence-corrected chi connectivity index (χ1v) is 12.6. The van der Waals surface area contributed by atoms with Gasteiger partial charge < -0.3 is 14.8 Å². The number of nitrogens with one attached hydrogen (secondary N) is 1. The van der Waals surface area contributed by atoms with E-state index in [-0.39, 0.29) is 40.4 Å². The van der Waals surface area contributed by atoms with Crippen LogP contribution in [0.15, 0.2) is 18.2 Å². The van der Waals surface area contributed by atoms with Crippen LogP contribution < -0.4 is 14.8 Å². The lowest BCUT2D eigenvalue weighted by atomic mass is 9.95. The third kappa shape index (κ3) is 6.58. The number of sulfone groups is 1. The SMILES string of the molecule is CCOc1ccc(C(NC(=O)CSC2CCS(=O)(=O)C2)C(C)C)cc1OCC. The molecule has 1 fully saturated rings. The Morgan fingerprint density at radius 2 is 1.89 bits per heavy atom. The normalized spacial score (nSPS) is 19.4. The maximum Gasteiger partial charge on any atom is 0.230 e. The number of thioether (sulfide) groups is 1. The van der Waals surface area contributed by atoms with Crippen LogP contribution in [0.1, 0.15) is 45.7 Å². The summed E-state index contributed by atoms with van der Waals surface area (Å²) in [6, 6.07) is 5.60. The standard InChI is InChI=1S/C20H31NO5S2/c1-5-25-17-8-7-15(11-18(17)26-6-2)20(14(3)4)21-19(22)12-27-16-9-10-28(23,24)13-16/h7-8,11,14,16,20H,5-6,9-10,12-13H2,1-4H3,(H,21,22). The molecule has 1 amide bonds. The van der Waals surface area contributed by atoms with Crippen LogP contribution in [0.3, 0.4) is 0 Å². The molecule has 28 heavy (non-hydrogen) atoms. The first-order valence-electron chi connectivity index (χ1n) is 9.76. The van der Waals surface area contributed by atoms with E-state index in [2.05, 4.69) is 19.2 Å². The van der Waals surface area contributed by atoms with Crippen LogP contribution in [0.25, 0.3) is 0 Å². The van der Waals surface area contributed by atoms with Crippen molar-refractivity contribution in [2.24, 2.45) is 5.92 Å². The highest BCUT2D eigenvalue weighted by Gasteiger charge is 2.29. The molecule has 2 rings (SSSR count). The van der Waals surface area contributed by atoms with Crippen LogP contribution >= 0.6 is 11.8 Å². The molecule has 1 aromatic carbocycles. The Morgan fingerprint density at radius 1 is 1.21 bits per heavy atom. The highest BCUT2D eigenvalue weighted by atomic mass is 32.2. The second kappa shape index (κ2) is 10.4. The molecule has 8 heteroatoms. The molecule has 0 bridgehead atoms. The number of carbonyl (C=O) groups is 1. The van der Waals surface area contributed by atoms with Crippen molar-refractivity contribution >= 4 is 27.5 Å². The lowest BCUT2D eigenvalue weighted by Crippen LogP contribution is -2.33. The first-order chi connectivity index (χ1) is 13.3. The molecule has 1 aliphatic rings. The van der Waals surface area contributed by atoms with Gasteiger partial charge in [-0.25, -0.2) is 8.42 Å². The summed E-state index contributed by atoms with van der Waals surface area (Å²) >= 11 is 1.43. The Hall–Kier alpha value is -1.41. The Morgan fingerprint density at radius 3 is 2.46 bits per heavy atom. The largest absolute Gasteiger partial charge is 0.490 e. The van der Waals surface area contributed by atoms with Crippen molar-refractivity contribution in [3.8, 4) is 11.5 Å². The molecule has 0 radical (unpaired) electrons. The zero-order chi connectivity index (χ0) is 20.7. The van der Waals surface area contributed by atoms with Gasteiger partial charge in [0, 0.05) is 5.25 Å². The molecule has 0 spiro atoms. The van der Waals surface area contributed by atoms with Crippen molar-refractivity contribution in [3.05, 3.63) is 23.8 Å². The fraction of sp³-hybridized carbons (Fsp3) is 0.650. The molecule has 158 valence electrons. The van der Waals surface area contributed by atoms with E-state index in [4.69, 9.17) is 9.47 Å². The van der Waals surface area contributed by atoms with Crippen LogP contribution in [0, 0.1) is 5.92 Å². The quantitative estimate of drug-likeness (QED) is 0.615.